The molecule has 0 aliphatic rings. The van der Waals surface area contributed by atoms with Crippen molar-refractivity contribution in [2.75, 3.05) is 12.8 Å². The number of benzene rings is 1. The number of hydrogen-bond donors (Lipinski definition) is 1. The van der Waals surface area contributed by atoms with Crippen molar-refractivity contribution in [3.8, 4) is 0 Å². The molecule has 0 aliphatic heterocycles. The summed E-state index contributed by atoms with van der Waals surface area (Å²) < 4.78 is 0. The summed E-state index contributed by atoms with van der Waals surface area (Å²) in [6, 6.07) is 5.55. The number of oxime groups is 1. The SMILES string of the molecule is C=NOCc1ccc([N-]C)c(N)c1. The van der Waals surface area contributed by atoms with Crippen molar-refractivity contribution in [3.05, 3.63) is 29.1 Å². The van der Waals surface area contributed by atoms with Crippen LogP contribution < -0.4 is 5.73 Å². The molecule has 0 bridgehead atoms. The Labute approximate surface area is 77.4 Å². The second-order valence-corrected chi connectivity index (χ2v) is 2.52. The molecule has 4 heteroatoms. The molecule has 0 amide bonds. The molecule has 0 unspecified atom stereocenters. The third-order valence-electron chi connectivity index (χ3n) is 1.66. The van der Waals surface area contributed by atoms with Gasteiger partial charge in [0.2, 0.25) is 0 Å². The van der Waals surface area contributed by atoms with Crippen LogP contribution >= 0.6 is 0 Å². The van der Waals surface area contributed by atoms with Gasteiger partial charge in [-0.05, 0) is 11.6 Å². The summed E-state index contributed by atoms with van der Waals surface area (Å²) in [5, 5.41) is 7.28. The third-order valence-corrected chi connectivity index (χ3v) is 1.66. The molecule has 0 spiro atoms. The number of hydrogen-bond acceptors (Lipinski definition) is 3. The van der Waals surface area contributed by atoms with Gasteiger partial charge >= 0.3 is 0 Å². The summed E-state index contributed by atoms with van der Waals surface area (Å²) in [5.74, 6) is 0. The Bertz CT molecular complexity index is 299. The second-order valence-electron chi connectivity index (χ2n) is 2.52. The van der Waals surface area contributed by atoms with Gasteiger partial charge in [-0.1, -0.05) is 12.1 Å². The molecular weight excluding hydrogens is 166 g/mol. The fourth-order valence-electron chi connectivity index (χ4n) is 1.02. The smallest absolute Gasteiger partial charge is 0.142 e. The molecule has 0 aliphatic carbocycles. The van der Waals surface area contributed by atoms with Crippen molar-refractivity contribution in [2.24, 2.45) is 5.16 Å². The van der Waals surface area contributed by atoms with E-state index in [1.54, 1.807) is 7.05 Å². The highest BCUT2D eigenvalue weighted by Gasteiger charge is 1.94. The molecule has 2 N–H and O–H groups in total. The minimum absolute atomic E-state index is 0.387. The van der Waals surface area contributed by atoms with Crippen LogP contribution in [0.25, 0.3) is 5.32 Å². The summed E-state index contributed by atoms with van der Waals surface area (Å²) in [6.07, 6.45) is 0. The van der Waals surface area contributed by atoms with E-state index >= 15 is 0 Å². The highest BCUT2D eigenvalue weighted by atomic mass is 16.6. The predicted octanol–water partition coefficient (Wildman–Crippen LogP) is 2.04. The molecule has 1 aromatic rings. The third kappa shape index (κ3) is 2.37. The highest BCUT2D eigenvalue weighted by molar-refractivity contribution is 5.69. The van der Waals surface area contributed by atoms with Gasteiger partial charge in [0.05, 0.1) is 0 Å². The summed E-state index contributed by atoms with van der Waals surface area (Å²) in [5.41, 5.74) is 8.10. The van der Waals surface area contributed by atoms with E-state index in [0.717, 1.165) is 11.3 Å². The van der Waals surface area contributed by atoms with E-state index in [-0.39, 0.29) is 0 Å². The minimum Gasteiger partial charge on any atom is -0.685 e. The first-order valence-electron chi connectivity index (χ1n) is 3.84. The summed E-state index contributed by atoms with van der Waals surface area (Å²) in [7, 11) is 1.70. The zero-order chi connectivity index (χ0) is 9.68. The van der Waals surface area contributed by atoms with Gasteiger partial charge in [-0.3, -0.25) is 0 Å². The van der Waals surface area contributed by atoms with Gasteiger partial charge in [-0.15, -0.1) is 17.9 Å². The Hall–Kier alpha value is -1.71. The highest BCUT2D eigenvalue weighted by Crippen LogP contribution is 2.25. The summed E-state index contributed by atoms with van der Waals surface area (Å²) in [6.45, 7) is 3.60. The van der Waals surface area contributed by atoms with E-state index in [1.807, 2.05) is 18.2 Å². The van der Waals surface area contributed by atoms with Gasteiger partial charge in [-0.25, -0.2) is 0 Å². The minimum atomic E-state index is 0.387. The molecule has 0 heterocycles. The molecular formula is C9H12N3O-. The summed E-state index contributed by atoms with van der Waals surface area (Å²) >= 11 is 0. The zero-order valence-electron chi connectivity index (χ0n) is 7.53. The number of nitrogen functional groups attached to an aromatic ring is 1. The Morgan fingerprint density at radius 1 is 1.62 bits per heavy atom. The van der Waals surface area contributed by atoms with Crippen LogP contribution in [0.15, 0.2) is 23.4 Å². The lowest BCUT2D eigenvalue weighted by atomic mass is 10.2. The van der Waals surface area contributed by atoms with Crippen LogP contribution in [0, 0.1) is 0 Å². The number of anilines is 1. The Kier molecular flexibility index (Phi) is 3.14. The van der Waals surface area contributed by atoms with E-state index in [4.69, 9.17) is 10.6 Å². The van der Waals surface area contributed by atoms with E-state index in [1.165, 1.54) is 0 Å². The topological polar surface area (TPSA) is 61.7 Å². The van der Waals surface area contributed by atoms with Crippen LogP contribution in [0.2, 0.25) is 0 Å². The van der Waals surface area contributed by atoms with E-state index in [0.29, 0.717) is 12.3 Å². The largest absolute Gasteiger partial charge is 0.685 e. The zero-order valence-corrected chi connectivity index (χ0v) is 7.53. The monoisotopic (exact) mass is 178 g/mol. The lowest BCUT2D eigenvalue weighted by Crippen LogP contribution is -1.91. The van der Waals surface area contributed by atoms with Gasteiger partial charge in [0.25, 0.3) is 0 Å². The van der Waals surface area contributed by atoms with Gasteiger partial charge in [0.1, 0.15) is 6.61 Å². The van der Waals surface area contributed by atoms with Crippen LogP contribution in [0.3, 0.4) is 0 Å². The molecule has 0 fully saturated rings. The van der Waals surface area contributed by atoms with Crippen LogP contribution in [0.5, 0.6) is 0 Å². The quantitative estimate of drug-likeness (QED) is 0.435. The molecule has 0 saturated carbocycles. The van der Waals surface area contributed by atoms with E-state index < -0.39 is 0 Å². The fourth-order valence-corrected chi connectivity index (χ4v) is 1.02. The Balaban J connectivity index is 2.76. The molecule has 1 rings (SSSR count). The lowest BCUT2D eigenvalue weighted by Gasteiger charge is -2.17. The Morgan fingerprint density at radius 3 is 2.92 bits per heavy atom. The lowest BCUT2D eigenvalue weighted by molar-refractivity contribution is 0.133. The summed E-state index contributed by atoms with van der Waals surface area (Å²) in [4.78, 5) is 4.78. The molecule has 0 radical (unpaired) electrons. The predicted molar refractivity (Wildman–Crippen MR) is 54.1 cm³/mol. The van der Waals surface area contributed by atoms with Crippen LogP contribution in [0.4, 0.5) is 11.4 Å². The van der Waals surface area contributed by atoms with E-state index in [9.17, 15) is 0 Å². The van der Waals surface area contributed by atoms with Gasteiger partial charge < -0.3 is 15.9 Å². The van der Waals surface area contributed by atoms with Crippen LogP contribution in [0.1, 0.15) is 5.56 Å². The number of nitrogens with zero attached hydrogens (tertiary/aromatic N) is 2. The first kappa shape index (κ1) is 9.38. The van der Waals surface area contributed by atoms with Gasteiger partial charge in [-0.2, -0.15) is 0 Å². The van der Waals surface area contributed by atoms with Crippen molar-refractivity contribution in [1.82, 2.24) is 0 Å². The van der Waals surface area contributed by atoms with Crippen LogP contribution in [-0.4, -0.2) is 13.8 Å². The Morgan fingerprint density at radius 2 is 2.38 bits per heavy atom. The molecule has 4 nitrogen and oxygen atoms in total. The molecule has 0 atom stereocenters. The number of nitrogens with two attached hydrogens (primary N) is 1. The van der Waals surface area contributed by atoms with Gasteiger partial charge in [0, 0.05) is 12.4 Å². The van der Waals surface area contributed by atoms with Crippen molar-refractivity contribution < 1.29 is 4.84 Å². The van der Waals surface area contributed by atoms with Gasteiger partial charge in [0.15, 0.2) is 0 Å². The average molecular weight is 178 g/mol. The normalized spacial score (nSPS) is 9.31. The molecule has 1 aromatic carbocycles. The molecule has 70 valence electrons. The van der Waals surface area contributed by atoms with E-state index in [2.05, 4.69) is 17.2 Å². The molecule has 0 saturated heterocycles. The van der Waals surface area contributed by atoms with Crippen molar-refractivity contribution in [1.29, 1.82) is 0 Å². The number of rotatable bonds is 4. The van der Waals surface area contributed by atoms with Crippen molar-refractivity contribution >= 4 is 18.1 Å². The maximum absolute atomic E-state index is 5.71. The first-order chi connectivity index (χ1) is 6.27. The fraction of sp³-hybridized carbons (Fsp3) is 0.222. The standard InChI is InChI=1S/C9H12N3O/c1-11-9-4-3-7(5-8(9)10)6-13-12-2/h3-5H,2,6,10H2,1H3/q-1. The van der Waals surface area contributed by atoms with Crippen molar-refractivity contribution in [2.45, 2.75) is 6.61 Å². The van der Waals surface area contributed by atoms with Crippen molar-refractivity contribution in [3.63, 3.8) is 0 Å². The maximum Gasteiger partial charge on any atom is 0.142 e. The molecule has 0 aromatic heterocycles. The first-order valence-corrected chi connectivity index (χ1v) is 3.84. The second kappa shape index (κ2) is 4.35. The average Bonchev–Trinajstić information content (AvgIpc) is 2.15. The molecule has 13 heavy (non-hydrogen) atoms. The van der Waals surface area contributed by atoms with Crippen LogP contribution in [-0.2, 0) is 11.4 Å². The maximum atomic E-state index is 5.71.